The zero-order valence-corrected chi connectivity index (χ0v) is 16.1. The Bertz CT molecular complexity index is 902. The predicted octanol–water partition coefficient (Wildman–Crippen LogP) is 2.80. The van der Waals surface area contributed by atoms with E-state index >= 15 is 0 Å². The van der Waals surface area contributed by atoms with Gasteiger partial charge in [0.25, 0.3) is 15.9 Å². The van der Waals surface area contributed by atoms with Crippen molar-refractivity contribution in [1.82, 2.24) is 5.32 Å². The number of aryl methyl sites for hydroxylation is 1. The fourth-order valence-corrected chi connectivity index (χ4v) is 4.30. The minimum Gasteiger partial charge on any atom is -0.349 e. The van der Waals surface area contributed by atoms with E-state index < -0.39 is 10.0 Å². The van der Waals surface area contributed by atoms with Crippen LogP contribution in [0.15, 0.2) is 53.4 Å². The van der Waals surface area contributed by atoms with Crippen molar-refractivity contribution in [2.75, 3.05) is 4.72 Å². The highest BCUT2D eigenvalue weighted by molar-refractivity contribution is 7.92. The first-order chi connectivity index (χ1) is 12.8. The monoisotopic (exact) mass is 387 g/mol. The van der Waals surface area contributed by atoms with Crippen LogP contribution in [0.1, 0.15) is 41.6 Å². The van der Waals surface area contributed by atoms with E-state index in [-0.39, 0.29) is 28.6 Å². The molecule has 0 aliphatic heterocycles. The van der Waals surface area contributed by atoms with Crippen LogP contribution in [0, 0.1) is 6.92 Å². The van der Waals surface area contributed by atoms with Crippen molar-refractivity contribution >= 4 is 21.6 Å². The summed E-state index contributed by atoms with van der Waals surface area (Å²) in [6.07, 6.45) is 3.44. The Balaban J connectivity index is 1.77. The number of hydrogen-bond donors (Lipinski definition) is 3. The Morgan fingerprint density at radius 2 is 1.63 bits per heavy atom. The van der Waals surface area contributed by atoms with E-state index in [4.69, 9.17) is 5.73 Å². The third kappa shape index (κ3) is 4.87. The van der Waals surface area contributed by atoms with Crippen LogP contribution in [0.3, 0.4) is 0 Å². The Hall–Kier alpha value is -2.38. The summed E-state index contributed by atoms with van der Waals surface area (Å²) in [5.41, 5.74) is 7.46. The number of para-hydroxylation sites is 1. The van der Waals surface area contributed by atoms with Gasteiger partial charge in [-0.05, 0) is 56.9 Å². The molecular weight excluding hydrogens is 362 g/mol. The average molecular weight is 388 g/mol. The van der Waals surface area contributed by atoms with Gasteiger partial charge in [-0.3, -0.25) is 9.52 Å². The molecule has 0 aromatic heterocycles. The van der Waals surface area contributed by atoms with Crippen molar-refractivity contribution in [3.05, 3.63) is 59.7 Å². The second-order valence-electron chi connectivity index (χ2n) is 7.05. The Morgan fingerprint density at radius 1 is 1.00 bits per heavy atom. The molecule has 1 saturated carbocycles. The summed E-state index contributed by atoms with van der Waals surface area (Å²) in [6.45, 7) is 1.89. The Labute approximate surface area is 160 Å². The lowest BCUT2D eigenvalue weighted by Crippen LogP contribution is -2.40. The molecule has 7 heteroatoms. The highest BCUT2D eigenvalue weighted by atomic mass is 32.2. The van der Waals surface area contributed by atoms with Crippen molar-refractivity contribution < 1.29 is 13.2 Å². The van der Waals surface area contributed by atoms with Gasteiger partial charge in [-0.2, -0.15) is 0 Å². The quantitative estimate of drug-likeness (QED) is 0.734. The number of carbonyl (C=O) groups is 1. The van der Waals surface area contributed by atoms with Crippen molar-refractivity contribution in [1.29, 1.82) is 0 Å². The van der Waals surface area contributed by atoms with Gasteiger partial charge in [0.05, 0.1) is 16.1 Å². The fraction of sp³-hybridized carbons (Fsp3) is 0.350. The van der Waals surface area contributed by atoms with Gasteiger partial charge in [0.1, 0.15) is 0 Å². The fourth-order valence-electron chi connectivity index (χ4n) is 3.22. The number of sulfonamides is 1. The molecule has 2 aromatic carbocycles. The molecule has 0 spiro atoms. The number of nitrogens with two attached hydrogens (primary N) is 1. The Morgan fingerprint density at radius 3 is 2.30 bits per heavy atom. The summed E-state index contributed by atoms with van der Waals surface area (Å²) >= 11 is 0. The predicted molar refractivity (Wildman–Crippen MR) is 106 cm³/mol. The third-order valence-electron chi connectivity index (χ3n) is 4.85. The summed E-state index contributed by atoms with van der Waals surface area (Å²) in [5.74, 6) is -0.280. The van der Waals surface area contributed by atoms with Crippen LogP contribution in [0.5, 0.6) is 0 Å². The van der Waals surface area contributed by atoms with Crippen molar-refractivity contribution in [3.63, 3.8) is 0 Å². The molecule has 144 valence electrons. The molecule has 0 bridgehead atoms. The van der Waals surface area contributed by atoms with Crippen LogP contribution in [-0.4, -0.2) is 26.4 Å². The average Bonchev–Trinajstić information content (AvgIpc) is 2.64. The van der Waals surface area contributed by atoms with E-state index in [2.05, 4.69) is 10.0 Å². The second kappa shape index (κ2) is 8.10. The molecule has 1 aliphatic carbocycles. The molecule has 0 heterocycles. The highest BCUT2D eigenvalue weighted by Crippen LogP contribution is 2.22. The molecule has 27 heavy (non-hydrogen) atoms. The van der Waals surface area contributed by atoms with Crippen LogP contribution >= 0.6 is 0 Å². The maximum Gasteiger partial charge on any atom is 0.261 e. The van der Waals surface area contributed by atoms with Crippen molar-refractivity contribution in [2.45, 2.75) is 49.6 Å². The minimum absolute atomic E-state index is 0.0686. The maximum absolute atomic E-state index is 12.7. The van der Waals surface area contributed by atoms with Crippen LogP contribution < -0.4 is 15.8 Å². The molecule has 1 fully saturated rings. The van der Waals surface area contributed by atoms with Gasteiger partial charge in [0.15, 0.2) is 0 Å². The molecule has 0 atom stereocenters. The molecule has 0 unspecified atom stereocenters. The number of rotatable bonds is 5. The van der Waals surface area contributed by atoms with Crippen molar-refractivity contribution in [3.8, 4) is 0 Å². The molecule has 0 radical (unpaired) electrons. The van der Waals surface area contributed by atoms with E-state index in [0.29, 0.717) is 5.56 Å². The van der Waals surface area contributed by atoms with E-state index in [1.807, 2.05) is 6.92 Å². The number of hydrogen-bond acceptors (Lipinski definition) is 4. The molecule has 1 aliphatic rings. The zero-order valence-electron chi connectivity index (χ0n) is 15.3. The van der Waals surface area contributed by atoms with Gasteiger partial charge in [-0.1, -0.05) is 29.8 Å². The lowest BCUT2D eigenvalue weighted by molar-refractivity contribution is 0.0927. The minimum atomic E-state index is -3.77. The van der Waals surface area contributed by atoms with Gasteiger partial charge in [0, 0.05) is 12.1 Å². The van der Waals surface area contributed by atoms with Crippen LogP contribution in [0.25, 0.3) is 0 Å². The number of nitrogens with one attached hydrogen (secondary N) is 2. The lowest BCUT2D eigenvalue weighted by atomic mass is 9.91. The normalized spacial score (nSPS) is 20.1. The topological polar surface area (TPSA) is 101 Å². The summed E-state index contributed by atoms with van der Waals surface area (Å²) in [7, 11) is -3.77. The second-order valence-corrected chi connectivity index (χ2v) is 8.73. The molecule has 3 rings (SSSR count). The maximum atomic E-state index is 12.7. The van der Waals surface area contributed by atoms with E-state index in [1.54, 1.807) is 48.5 Å². The lowest BCUT2D eigenvalue weighted by Gasteiger charge is -2.27. The van der Waals surface area contributed by atoms with E-state index in [0.717, 1.165) is 31.2 Å². The zero-order chi connectivity index (χ0) is 19.4. The SMILES string of the molecule is Cc1ccc(S(=O)(=O)Nc2ccccc2C(=O)NC2CCC(N)CC2)cc1. The van der Waals surface area contributed by atoms with E-state index in [9.17, 15) is 13.2 Å². The number of amides is 1. The van der Waals surface area contributed by atoms with Gasteiger partial charge in [0.2, 0.25) is 0 Å². The van der Waals surface area contributed by atoms with Gasteiger partial charge < -0.3 is 11.1 Å². The first kappa shape index (κ1) is 19.4. The molecule has 0 saturated heterocycles. The summed E-state index contributed by atoms with van der Waals surface area (Å²) in [4.78, 5) is 12.9. The summed E-state index contributed by atoms with van der Waals surface area (Å²) in [6, 6.07) is 13.5. The largest absolute Gasteiger partial charge is 0.349 e. The standard InChI is InChI=1S/C20H25N3O3S/c1-14-6-12-17(13-7-14)27(25,26)23-19-5-3-2-4-18(19)20(24)22-16-10-8-15(21)9-11-16/h2-7,12-13,15-16,23H,8-11,21H2,1H3,(H,22,24). The smallest absolute Gasteiger partial charge is 0.261 e. The summed E-state index contributed by atoms with van der Waals surface area (Å²) < 4.78 is 27.9. The first-order valence-corrected chi connectivity index (χ1v) is 10.6. The molecule has 6 nitrogen and oxygen atoms in total. The number of carbonyl (C=O) groups excluding carboxylic acids is 1. The van der Waals surface area contributed by atoms with Gasteiger partial charge in [-0.25, -0.2) is 8.42 Å². The third-order valence-corrected chi connectivity index (χ3v) is 6.24. The molecule has 1 amide bonds. The van der Waals surface area contributed by atoms with E-state index in [1.165, 1.54) is 0 Å². The summed E-state index contributed by atoms with van der Waals surface area (Å²) in [5, 5.41) is 3.00. The van der Waals surface area contributed by atoms with Crippen LogP contribution in [-0.2, 0) is 10.0 Å². The number of anilines is 1. The van der Waals surface area contributed by atoms with Crippen LogP contribution in [0.2, 0.25) is 0 Å². The van der Waals surface area contributed by atoms with Crippen molar-refractivity contribution in [2.24, 2.45) is 5.73 Å². The molecule has 4 N–H and O–H groups in total. The Kier molecular flexibility index (Phi) is 5.82. The molecular formula is C20H25N3O3S. The highest BCUT2D eigenvalue weighted by Gasteiger charge is 2.23. The number of benzene rings is 2. The molecule has 2 aromatic rings. The van der Waals surface area contributed by atoms with Gasteiger partial charge >= 0.3 is 0 Å². The van der Waals surface area contributed by atoms with Gasteiger partial charge in [-0.15, -0.1) is 0 Å². The first-order valence-electron chi connectivity index (χ1n) is 9.10. The van der Waals surface area contributed by atoms with Crippen LogP contribution in [0.4, 0.5) is 5.69 Å².